The van der Waals surface area contributed by atoms with Crippen molar-refractivity contribution in [1.29, 1.82) is 0 Å². The van der Waals surface area contributed by atoms with Gasteiger partial charge in [0, 0.05) is 73.9 Å². The zero-order valence-corrected chi connectivity index (χ0v) is 60.5. The second kappa shape index (κ2) is 23.9. The molecular formula is C98H72BN3S2. The maximum absolute atomic E-state index is 2.72. The highest BCUT2D eigenvalue weighted by Gasteiger charge is 2.45. The van der Waals surface area contributed by atoms with Crippen LogP contribution in [0, 0.1) is 0 Å². The van der Waals surface area contributed by atoms with Gasteiger partial charge in [-0.2, -0.15) is 0 Å². The molecule has 0 saturated heterocycles. The van der Waals surface area contributed by atoms with Crippen molar-refractivity contribution in [2.45, 2.75) is 52.4 Å². The number of anilines is 6. The second-order valence-electron chi connectivity index (χ2n) is 30.4. The molecule has 18 aromatic rings. The van der Waals surface area contributed by atoms with Crippen molar-refractivity contribution < 1.29 is 0 Å². The fraction of sp³-hybridized carbons (Fsp3) is 0.0816. The van der Waals surface area contributed by atoms with Crippen LogP contribution in [-0.4, -0.2) is 11.3 Å². The Morgan fingerprint density at radius 3 is 0.942 bits per heavy atom. The number of aromatic nitrogens is 1. The molecule has 0 atom stereocenters. The van der Waals surface area contributed by atoms with Crippen LogP contribution in [0.25, 0.3) is 135 Å². The minimum absolute atomic E-state index is 0.0849. The van der Waals surface area contributed by atoms with Crippen LogP contribution >= 0.6 is 22.7 Å². The van der Waals surface area contributed by atoms with Crippen molar-refractivity contribution in [2.24, 2.45) is 0 Å². The number of nitrogens with zero attached hydrogens (tertiary/aromatic N) is 3. The number of rotatable bonds is 9. The standard InChI is InChI=1S/C98H72BN3S2/c1-97(2,3)73-41-45-82-76(57-73)77-58-74(98(4,5)6)42-46-83(77)100(82)75-59-88-96-89(60-75)102(87-54-72(66-35-23-12-24-36-66)56-93-95(87)79-50-68(40-48-91(79)104-93)62-27-15-8-16-28-62)85-44-38-70(64-31-19-10-20-32-64)52-81(85)99(96)80-51-69(63-29-17-9-18-30-63)37-43-84(80)101(88)86-53-71(65-33-21-11-22-34-65)55-92-94(86)78-49-67(39-47-90(78)103-92)61-25-13-7-14-26-61/h7-60H,1-6H3. The van der Waals surface area contributed by atoms with Crippen molar-refractivity contribution in [1.82, 2.24) is 4.57 Å². The molecule has 0 fully saturated rings. The molecule has 0 unspecified atom stereocenters. The molecule has 0 saturated carbocycles. The summed E-state index contributed by atoms with van der Waals surface area (Å²) in [5.41, 5.74) is 30.7. The Bertz CT molecular complexity index is 6090. The summed E-state index contributed by atoms with van der Waals surface area (Å²) >= 11 is 3.79. The smallest absolute Gasteiger partial charge is 0.252 e. The molecule has 0 bridgehead atoms. The summed E-state index contributed by atoms with van der Waals surface area (Å²) in [6, 6.07) is 125. The SMILES string of the molecule is CC(C)(C)c1ccc2c(c1)c1cc(C(C)(C)C)ccc1n2-c1cc2c3c(c1)N(c1cc(-c4ccccc4)cc4sc5ccc(-c6ccccc6)cc5c14)c1ccc(-c4ccccc4)cc1B3c1cc(-c3ccccc3)ccc1N2c1cc(-c2ccccc2)cc2sc3ccc(-c4ccccc4)cc3c12. The molecule has 2 aliphatic heterocycles. The number of hydrogen-bond acceptors (Lipinski definition) is 4. The first-order valence-electron chi connectivity index (χ1n) is 36.3. The van der Waals surface area contributed by atoms with Gasteiger partial charge in [0.25, 0.3) is 6.71 Å². The maximum Gasteiger partial charge on any atom is 0.252 e. The third kappa shape index (κ3) is 10.1. The zero-order chi connectivity index (χ0) is 69.7. The Kier molecular flexibility index (Phi) is 14.3. The predicted molar refractivity (Wildman–Crippen MR) is 451 cm³/mol. The van der Waals surface area contributed by atoms with Gasteiger partial charge in [0.15, 0.2) is 0 Å². The van der Waals surface area contributed by atoms with E-state index in [-0.39, 0.29) is 17.5 Å². The fourth-order valence-electron chi connectivity index (χ4n) is 16.8. The lowest BCUT2D eigenvalue weighted by molar-refractivity contribution is 0.590. The molecule has 5 heterocycles. The van der Waals surface area contributed by atoms with E-state index in [1.54, 1.807) is 0 Å². The molecule has 0 N–H and O–H groups in total. The monoisotopic (exact) mass is 1370 g/mol. The quantitative estimate of drug-likeness (QED) is 0.133. The second-order valence-corrected chi connectivity index (χ2v) is 32.6. The molecule has 0 radical (unpaired) electrons. The van der Waals surface area contributed by atoms with Gasteiger partial charge in [0.2, 0.25) is 0 Å². The van der Waals surface area contributed by atoms with Gasteiger partial charge >= 0.3 is 0 Å². The summed E-state index contributed by atoms with van der Waals surface area (Å²) in [5.74, 6) is 0. The van der Waals surface area contributed by atoms with E-state index in [9.17, 15) is 0 Å². The number of benzene rings is 15. The lowest BCUT2D eigenvalue weighted by Crippen LogP contribution is -2.61. The average molecular weight is 1370 g/mol. The third-order valence-corrected chi connectivity index (χ3v) is 24.3. The lowest BCUT2D eigenvalue weighted by Gasteiger charge is -2.45. The van der Waals surface area contributed by atoms with Crippen LogP contribution in [0.15, 0.2) is 328 Å². The minimum atomic E-state index is -0.242. The van der Waals surface area contributed by atoms with Crippen molar-refractivity contribution >= 4 is 142 Å². The first-order chi connectivity index (χ1) is 50.8. The van der Waals surface area contributed by atoms with Gasteiger partial charge in [-0.05, 0) is 202 Å². The van der Waals surface area contributed by atoms with Gasteiger partial charge in [-0.15, -0.1) is 22.7 Å². The minimum Gasteiger partial charge on any atom is -0.311 e. The molecule has 6 heteroatoms. The molecule has 3 nitrogen and oxygen atoms in total. The first kappa shape index (κ1) is 62.0. The Morgan fingerprint density at radius 1 is 0.250 bits per heavy atom. The van der Waals surface area contributed by atoms with Crippen LogP contribution in [0.5, 0.6) is 0 Å². The molecule has 3 aromatic heterocycles. The van der Waals surface area contributed by atoms with E-state index in [1.807, 2.05) is 22.7 Å². The molecule has 20 rings (SSSR count). The lowest BCUT2D eigenvalue weighted by atomic mass is 9.33. The number of thiophene rings is 2. The molecular weight excluding hydrogens is 1290 g/mol. The molecule has 104 heavy (non-hydrogen) atoms. The van der Waals surface area contributed by atoms with E-state index in [1.165, 1.54) is 156 Å². The Morgan fingerprint density at radius 2 is 0.587 bits per heavy atom. The van der Waals surface area contributed by atoms with E-state index in [0.29, 0.717) is 0 Å². The summed E-state index contributed by atoms with van der Waals surface area (Å²) in [6.07, 6.45) is 0. The van der Waals surface area contributed by atoms with E-state index in [2.05, 4.69) is 383 Å². The van der Waals surface area contributed by atoms with Gasteiger partial charge < -0.3 is 14.4 Å². The molecule has 0 aliphatic carbocycles. The van der Waals surface area contributed by atoms with Crippen LogP contribution < -0.4 is 26.2 Å². The molecule has 0 amide bonds. The molecule has 2 aliphatic rings. The fourth-order valence-corrected chi connectivity index (χ4v) is 19.1. The molecule has 494 valence electrons. The highest BCUT2D eigenvalue weighted by atomic mass is 32.1. The van der Waals surface area contributed by atoms with Crippen molar-refractivity contribution in [3.8, 4) is 72.4 Å². The van der Waals surface area contributed by atoms with Gasteiger partial charge in [-0.1, -0.05) is 272 Å². The summed E-state index contributed by atoms with van der Waals surface area (Å²) in [7, 11) is 0. The molecule has 0 spiro atoms. The normalized spacial score (nSPS) is 12.8. The van der Waals surface area contributed by atoms with Crippen molar-refractivity contribution in [2.75, 3.05) is 9.80 Å². The van der Waals surface area contributed by atoms with Crippen LogP contribution in [0.4, 0.5) is 34.1 Å². The van der Waals surface area contributed by atoms with Crippen molar-refractivity contribution in [3.63, 3.8) is 0 Å². The number of fused-ring (bicyclic) bond motifs is 13. The Balaban J connectivity index is 0.983. The topological polar surface area (TPSA) is 11.4 Å². The first-order valence-corrected chi connectivity index (χ1v) is 37.9. The summed E-state index contributed by atoms with van der Waals surface area (Å²) < 4.78 is 7.58. The largest absolute Gasteiger partial charge is 0.311 e. The van der Waals surface area contributed by atoms with Gasteiger partial charge in [0.1, 0.15) is 0 Å². The van der Waals surface area contributed by atoms with E-state index < -0.39 is 0 Å². The van der Waals surface area contributed by atoms with Gasteiger partial charge in [-0.3, -0.25) is 0 Å². The Hall–Kier alpha value is -11.8. The van der Waals surface area contributed by atoms with Crippen molar-refractivity contribution in [3.05, 3.63) is 339 Å². The average Bonchev–Trinajstić information content (AvgIpc) is 1.48. The molecule has 15 aromatic carbocycles. The zero-order valence-electron chi connectivity index (χ0n) is 58.9. The summed E-state index contributed by atoms with van der Waals surface area (Å²) in [4.78, 5) is 5.43. The predicted octanol–water partition coefficient (Wildman–Crippen LogP) is 26.2. The summed E-state index contributed by atoms with van der Waals surface area (Å²) in [5, 5.41) is 7.44. The summed E-state index contributed by atoms with van der Waals surface area (Å²) in [6.45, 7) is 13.8. The van der Waals surface area contributed by atoms with Gasteiger partial charge in [0.05, 0.1) is 28.1 Å². The van der Waals surface area contributed by atoms with Crippen LogP contribution in [0.2, 0.25) is 0 Å². The maximum atomic E-state index is 2.72. The highest BCUT2D eigenvalue weighted by Crippen LogP contribution is 2.55. The third-order valence-electron chi connectivity index (χ3n) is 22.0. The van der Waals surface area contributed by atoms with E-state index in [4.69, 9.17) is 0 Å². The number of hydrogen-bond donors (Lipinski definition) is 0. The van der Waals surface area contributed by atoms with Crippen LogP contribution in [-0.2, 0) is 10.8 Å². The van der Waals surface area contributed by atoms with E-state index >= 15 is 0 Å². The van der Waals surface area contributed by atoms with Crippen LogP contribution in [0.3, 0.4) is 0 Å². The van der Waals surface area contributed by atoms with Crippen LogP contribution in [0.1, 0.15) is 52.7 Å². The Labute approximate surface area is 615 Å². The van der Waals surface area contributed by atoms with E-state index in [0.717, 1.165) is 39.8 Å². The van der Waals surface area contributed by atoms with Gasteiger partial charge in [-0.25, -0.2) is 0 Å². The highest BCUT2D eigenvalue weighted by molar-refractivity contribution is 7.26.